The number of nitro groups is 1. The summed E-state index contributed by atoms with van der Waals surface area (Å²) in [6.07, 6.45) is 6.60. The average molecular weight is 1160 g/mol. The average Bonchev–Trinajstić information content (AvgIpc) is 4.36. The number of benzene rings is 5. The third-order valence-electron chi connectivity index (χ3n) is 10.3. The standard InChI is InChI=1S/C16H20S.C12H12S.C10H6F2S.C10H7FS.C10H7NO2S.5C2H6/c1-2-3-4-5-7-14-9-11-15(12-10-14)16-8-6-13-17-16;1-9-6-10(2)8-11(7-9)12-4-3-5-13-12;11-8-4-7(5-9(12)6-8)10-2-1-3-13-10;11-9-5-3-8(4-6-9)10-2-1-7-12-10;12-11(13)9-5-3-8(4-6-9)10-2-1-7-14-10;5*1-2/h6,8-13H,2-5,7H2,1H3;3-8H,1-2H3;1-6H;1-7H;1-7H;5*1-2H3. The summed E-state index contributed by atoms with van der Waals surface area (Å²) in [5.41, 5.74) is 9.65. The van der Waals surface area contributed by atoms with Gasteiger partial charge in [-0.3, -0.25) is 10.1 Å². The lowest BCUT2D eigenvalue weighted by Gasteiger charge is -2.03. The fraction of sp³-hybridized carbons (Fsp3) is 0.265. The third kappa shape index (κ3) is 27.5. The van der Waals surface area contributed by atoms with Gasteiger partial charge in [-0.25, -0.2) is 13.2 Å². The summed E-state index contributed by atoms with van der Waals surface area (Å²) < 4.78 is 38.1. The van der Waals surface area contributed by atoms with Crippen molar-refractivity contribution in [3.05, 3.63) is 241 Å². The fourth-order valence-corrected chi connectivity index (χ4v) is 10.6. The first-order chi connectivity index (χ1) is 38.5. The van der Waals surface area contributed by atoms with Crippen LogP contribution in [0.4, 0.5) is 18.9 Å². The summed E-state index contributed by atoms with van der Waals surface area (Å²) in [7, 11) is 0. The lowest BCUT2D eigenvalue weighted by Crippen LogP contribution is -1.86. The molecule has 79 heavy (non-hydrogen) atoms. The van der Waals surface area contributed by atoms with E-state index in [1.54, 1.807) is 69.6 Å². The second kappa shape index (κ2) is 43.6. The van der Waals surface area contributed by atoms with Crippen LogP contribution in [0.3, 0.4) is 0 Å². The molecule has 5 aromatic heterocycles. The normalized spacial score (nSPS) is 9.37. The topological polar surface area (TPSA) is 43.1 Å². The minimum Gasteiger partial charge on any atom is -0.258 e. The zero-order valence-electron chi connectivity index (χ0n) is 48.5. The number of non-ortho nitro benzene ring substituents is 1. The Hall–Kier alpha value is -6.21. The highest BCUT2D eigenvalue weighted by Gasteiger charge is 2.06. The van der Waals surface area contributed by atoms with Gasteiger partial charge in [-0.05, 0) is 154 Å². The van der Waals surface area contributed by atoms with Gasteiger partial charge in [0.1, 0.15) is 17.5 Å². The molecule has 0 amide bonds. The van der Waals surface area contributed by atoms with Gasteiger partial charge >= 0.3 is 0 Å². The molecule has 11 heteroatoms. The summed E-state index contributed by atoms with van der Waals surface area (Å²) in [4.78, 5) is 15.9. The van der Waals surface area contributed by atoms with E-state index in [0.29, 0.717) is 5.56 Å². The van der Waals surface area contributed by atoms with Crippen molar-refractivity contribution in [2.45, 2.75) is 122 Å². The first kappa shape index (κ1) is 70.8. The number of rotatable bonds is 11. The van der Waals surface area contributed by atoms with Crippen LogP contribution in [0, 0.1) is 41.4 Å². The molecule has 10 aromatic rings. The molecule has 5 aromatic carbocycles. The number of nitro benzene ring substituents is 1. The van der Waals surface area contributed by atoms with Crippen molar-refractivity contribution >= 4 is 62.4 Å². The Bertz CT molecular complexity index is 2850. The van der Waals surface area contributed by atoms with Crippen molar-refractivity contribution < 1.29 is 18.1 Å². The molecule has 0 atom stereocenters. The van der Waals surface area contributed by atoms with Gasteiger partial charge in [-0.2, -0.15) is 0 Å². The SMILES string of the molecule is CC.CC.CC.CC.CC.CCCCCCc1ccc(-c2cccs2)cc1.Cc1cc(C)cc(-c2cccs2)c1.Fc1cc(F)cc(-c2cccs2)c1.Fc1ccc(-c2cccs2)cc1.O=[N+]([O-])c1ccc(-c2cccs2)cc1. The van der Waals surface area contributed by atoms with E-state index in [-0.39, 0.29) is 11.5 Å². The van der Waals surface area contributed by atoms with Crippen LogP contribution in [0.1, 0.15) is 119 Å². The van der Waals surface area contributed by atoms with E-state index in [0.717, 1.165) is 26.9 Å². The number of thiophene rings is 5. The summed E-state index contributed by atoms with van der Waals surface area (Å²) in [6.45, 7) is 26.5. The van der Waals surface area contributed by atoms with E-state index in [9.17, 15) is 23.3 Å². The van der Waals surface area contributed by atoms with Crippen LogP contribution in [0.25, 0.3) is 52.2 Å². The molecule has 0 saturated carbocycles. The Kier molecular flexibility index (Phi) is 39.1. The molecule has 3 nitrogen and oxygen atoms in total. The molecule has 0 radical (unpaired) electrons. The Balaban J connectivity index is 0.000000476. The molecule has 10 rings (SSSR count). The molecule has 5 heterocycles. The molecule has 0 saturated heterocycles. The van der Waals surface area contributed by atoms with E-state index in [4.69, 9.17) is 0 Å². The van der Waals surface area contributed by atoms with Gasteiger partial charge in [0.05, 0.1) is 4.92 Å². The summed E-state index contributed by atoms with van der Waals surface area (Å²) >= 11 is 8.34. The van der Waals surface area contributed by atoms with Crippen molar-refractivity contribution in [1.82, 2.24) is 0 Å². The molecular weight excluding hydrogens is 1080 g/mol. The number of halogens is 3. The van der Waals surface area contributed by atoms with Crippen LogP contribution >= 0.6 is 56.7 Å². The quantitative estimate of drug-likeness (QED) is 0.0736. The van der Waals surface area contributed by atoms with Gasteiger partial charge in [-0.15, -0.1) is 56.7 Å². The van der Waals surface area contributed by atoms with E-state index in [2.05, 4.69) is 98.3 Å². The number of nitrogens with zero attached hydrogens (tertiary/aromatic N) is 1. The minimum atomic E-state index is -0.539. The zero-order chi connectivity index (χ0) is 58.8. The smallest absolute Gasteiger partial charge is 0.258 e. The first-order valence-electron chi connectivity index (χ1n) is 27.4. The summed E-state index contributed by atoms with van der Waals surface area (Å²) in [5, 5.41) is 20.5. The number of hydrogen-bond acceptors (Lipinski definition) is 7. The molecule has 0 bridgehead atoms. The summed E-state index contributed by atoms with van der Waals surface area (Å²) in [5.74, 6) is -1.26. The third-order valence-corrected chi connectivity index (χ3v) is 14.9. The molecule has 0 aliphatic heterocycles. The van der Waals surface area contributed by atoms with Crippen molar-refractivity contribution in [2.75, 3.05) is 0 Å². The monoisotopic (exact) mass is 1160 g/mol. The number of aryl methyl sites for hydroxylation is 3. The predicted octanol–water partition coefficient (Wildman–Crippen LogP) is 25.3. The van der Waals surface area contributed by atoms with E-state index < -0.39 is 16.6 Å². The highest BCUT2D eigenvalue weighted by molar-refractivity contribution is 7.14. The Morgan fingerprint density at radius 2 is 0.709 bits per heavy atom. The lowest BCUT2D eigenvalue weighted by atomic mass is 10.0. The first-order valence-corrected chi connectivity index (χ1v) is 31.8. The predicted molar refractivity (Wildman–Crippen MR) is 349 cm³/mol. The number of hydrogen-bond donors (Lipinski definition) is 0. The van der Waals surface area contributed by atoms with Gasteiger partial charge in [0.15, 0.2) is 0 Å². The van der Waals surface area contributed by atoms with Crippen LogP contribution in [0.5, 0.6) is 0 Å². The van der Waals surface area contributed by atoms with Crippen molar-refractivity contribution in [2.24, 2.45) is 0 Å². The Labute approximate surface area is 492 Å². The maximum atomic E-state index is 12.8. The van der Waals surface area contributed by atoms with Gasteiger partial charge in [0.25, 0.3) is 5.69 Å². The minimum absolute atomic E-state index is 0.130. The number of unbranched alkanes of at least 4 members (excludes halogenated alkanes) is 3. The van der Waals surface area contributed by atoms with E-state index >= 15 is 0 Å². The van der Waals surface area contributed by atoms with Crippen molar-refractivity contribution in [1.29, 1.82) is 0 Å². The largest absolute Gasteiger partial charge is 0.269 e. The molecule has 0 spiro atoms. The molecule has 422 valence electrons. The highest BCUT2D eigenvalue weighted by atomic mass is 32.1. The molecule has 0 aliphatic rings. The molecule has 0 unspecified atom stereocenters. The van der Waals surface area contributed by atoms with E-state index in [1.165, 1.54) is 122 Å². The summed E-state index contributed by atoms with van der Waals surface area (Å²) in [6, 6.07) is 52.6. The van der Waals surface area contributed by atoms with Crippen molar-refractivity contribution in [3.8, 4) is 52.2 Å². The van der Waals surface area contributed by atoms with Gasteiger partial charge < -0.3 is 0 Å². The van der Waals surface area contributed by atoms with Crippen molar-refractivity contribution in [3.63, 3.8) is 0 Å². The molecular formula is C68H82F3NO2S5. The molecule has 0 N–H and O–H groups in total. The van der Waals surface area contributed by atoms with Crippen LogP contribution in [0.15, 0.2) is 197 Å². The van der Waals surface area contributed by atoms with Crippen LogP contribution in [0.2, 0.25) is 0 Å². The maximum Gasteiger partial charge on any atom is 0.269 e. The zero-order valence-corrected chi connectivity index (χ0v) is 52.6. The highest BCUT2D eigenvalue weighted by Crippen LogP contribution is 2.30. The second-order valence-corrected chi connectivity index (χ2v) is 20.5. The Morgan fingerprint density at radius 1 is 0.380 bits per heavy atom. The molecule has 0 aliphatic carbocycles. The van der Waals surface area contributed by atoms with Crippen LogP contribution < -0.4 is 0 Å². The van der Waals surface area contributed by atoms with Gasteiger partial charge in [-0.1, -0.05) is 191 Å². The molecule has 0 fully saturated rings. The van der Waals surface area contributed by atoms with Gasteiger partial charge in [0, 0.05) is 42.6 Å². The van der Waals surface area contributed by atoms with Crippen LogP contribution in [-0.2, 0) is 6.42 Å². The lowest BCUT2D eigenvalue weighted by molar-refractivity contribution is -0.384. The Morgan fingerprint density at radius 3 is 1.04 bits per heavy atom. The second-order valence-electron chi connectivity index (χ2n) is 15.7. The van der Waals surface area contributed by atoms with E-state index in [1.807, 2.05) is 122 Å². The van der Waals surface area contributed by atoms with Gasteiger partial charge in [0.2, 0.25) is 0 Å². The maximum absolute atomic E-state index is 12.8. The van der Waals surface area contributed by atoms with Crippen LogP contribution in [-0.4, -0.2) is 4.92 Å². The fourth-order valence-electron chi connectivity index (χ4n) is 6.98.